The quantitative estimate of drug-likeness (QED) is 0.399. The number of fused-ring (bicyclic) bond motifs is 1. The van der Waals surface area contributed by atoms with Crippen LogP contribution in [0.3, 0.4) is 0 Å². The number of hydrogen-bond acceptors (Lipinski definition) is 6. The average molecular weight is 407 g/mol. The van der Waals surface area contributed by atoms with Crippen LogP contribution in [0.4, 0.5) is 10.3 Å². The highest BCUT2D eigenvalue weighted by molar-refractivity contribution is 5.80. The predicted molar refractivity (Wildman–Crippen MR) is 111 cm³/mol. The van der Waals surface area contributed by atoms with Crippen LogP contribution in [-0.2, 0) is 20.6 Å². The molecule has 0 spiro atoms. The largest absolute Gasteiger partial charge is 0.332 e. The summed E-state index contributed by atoms with van der Waals surface area (Å²) >= 11 is 0. The number of hydrogen-bond donors (Lipinski definition) is 1. The van der Waals surface area contributed by atoms with E-state index in [-0.39, 0.29) is 17.7 Å². The molecule has 152 valence electrons. The van der Waals surface area contributed by atoms with Crippen LogP contribution in [0.5, 0.6) is 0 Å². The Morgan fingerprint density at radius 3 is 2.63 bits per heavy atom. The van der Waals surface area contributed by atoms with E-state index in [9.17, 15) is 14.0 Å². The van der Waals surface area contributed by atoms with Gasteiger partial charge in [-0.25, -0.2) is 14.6 Å². The summed E-state index contributed by atoms with van der Waals surface area (Å²) in [6.45, 7) is -0.0483. The van der Waals surface area contributed by atoms with Crippen molar-refractivity contribution in [2.75, 3.05) is 5.43 Å². The van der Waals surface area contributed by atoms with Gasteiger partial charge in [-0.05, 0) is 35.4 Å². The Balaban J connectivity index is 1.74. The van der Waals surface area contributed by atoms with Gasteiger partial charge in [-0.3, -0.25) is 18.9 Å². The number of nitrogens with one attached hydrogen (secondary N) is 1. The second-order valence-corrected chi connectivity index (χ2v) is 6.68. The third kappa shape index (κ3) is 3.50. The Morgan fingerprint density at radius 1 is 1.13 bits per heavy atom. The summed E-state index contributed by atoms with van der Waals surface area (Å²) in [4.78, 5) is 34.1. The number of aryl methyl sites for hydroxylation is 2. The Labute approximate surface area is 169 Å². The molecule has 1 aromatic carbocycles. The highest BCUT2D eigenvalue weighted by Gasteiger charge is 2.18. The van der Waals surface area contributed by atoms with Crippen LogP contribution >= 0.6 is 0 Å². The van der Waals surface area contributed by atoms with Crippen molar-refractivity contribution in [2.45, 2.75) is 6.54 Å². The van der Waals surface area contributed by atoms with Gasteiger partial charge in [-0.15, -0.1) is 0 Å². The van der Waals surface area contributed by atoms with Gasteiger partial charge in [0.15, 0.2) is 11.2 Å². The Hall–Kier alpha value is -4.08. The third-order valence-electron chi connectivity index (χ3n) is 4.67. The van der Waals surface area contributed by atoms with E-state index in [2.05, 4.69) is 20.5 Å². The molecule has 3 heterocycles. The standard InChI is InChI=1S/C20H18FN7O2/c1-26-16-17(24-19(26)25-23-11-13-6-8-22-9-7-13)27(2)20(30)28(18(16)29)12-14-4-3-5-15(21)10-14/h3-11H,12H2,1-2H3,(H,24,25). The minimum atomic E-state index is -0.540. The van der Waals surface area contributed by atoms with Gasteiger partial charge in [0.05, 0.1) is 12.8 Å². The molecule has 0 aliphatic heterocycles. The molecule has 1 N–H and O–H groups in total. The fourth-order valence-electron chi connectivity index (χ4n) is 3.11. The summed E-state index contributed by atoms with van der Waals surface area (Å²) < 4.78 is 17.4. The maximum absolute atomic E-state index is 13.5. The first kappa shape index (κ1) is 19.2. The van der Waals surface area contributed by atoms with Crippen LogP contribution in [0, 0.1) is 5.82 Å². The molecule has 9 nitrogen and oxygen atoms in total. The van der Waals surface area contributed by atoms with E-state index in [1.165, 1.54) is 34.4 Å². The highest BCUT2D eigenvalue weighted by atomic mass is 19.1. The maximum atomic E-state index is 13.5. The van der Waals surface area contributed by atoms with Gasteiger partial charge in [0.2, 0.25) is 5.95 Å². The second kappa shape index (κ2) is 7.74. The van der Waals surface area contributed by atoms with Crippen molar-refractivity contribution in [1.29, 1.82) is 0 Å². The van der Waals surface area contributed by atoms with Gasteiger partial charge >= 0.3 is 5.69 Å². The van der Waals surface area contributed by atoms with E-state index in [0.717, 1.165) is 10.1 Å². The lowest BCUT2D eigenvalue weighted by Crippen LogP contribution is -2.39. The van der Waals surface area contributed by atoms with Crippen LogP contribution in [0.15, 0.2) is 63.5 Å². The molecular formula is C20H18FN7O2. The Kier molecular flexibility index (Phi) is 4.97. The molecule has 0 atom stereocenters. The smallest absolute Gasteiger partial charge is 0.306 e. The number of nitrogens with zero attached hydrogens (tertiary/aromatic N) is 6. The van der Waals surface area contributed by atoms with Crippen LogP contribution in [0.25, 0.3) is 11.2 Å². The lowest BCUT2D eigenvalue weighted by molar-refractivity contribution is 0.616. The number of benzene rings is 1. The molecule has 0 aliphatic rings. The van der Waals surface area contributed by atoms with Gasteiger partial charge in [-0.2, -0.15) is 10.1 Å². The zero-order chi connectivity index (χ0) is 21.3. The predicted octanol–water partition coefficient (Wildman–Crippen LogP) is 1.46. The summed E-state index contributed by atoms with van der Waals surface area (Å²) in [5.41, 5.74) is 3.54. The zero-order valence-corrected chi connectivity index (χ0v) is 16.3. The molecule has 0 fully saturated rings. The molecule has 0 unspecified atom stereocenters. The molecule has 30 heavy (non-hydrogen) atoms. The summed E-state index contributed by atoms with van der Waals surface area (Å²) in [5.74, 6) is -0.136. The number of aromatic nitrogens is 5. The summed E-state index contributed by atoms with van der Waals surface area (Å²) in [5, 5.41) is 4.13. The van der Waals surface area contributed by atoms with Crippen molar-refractivity contribution in [3.05, 3.63) is 86.6 Å². The van der Waals surface area contributed by atoms with E-state index < -0.39 is 17.1 Å². The van der Waals surface area contributed by atoms with Gasteiger partial charge in [0, 0.05) is 26.5 Å². The first-order valence-electron chi connectivity index (χ1n) is 9.05. The molecule has 4 rings (SSSR count). The van der Waals surface area contributed by atoms with Crippen LogP contribution in [0.1, 0.15) is 11.1 Å². The minimum absolute atomic E-state index is 0.0483. The first-order valence-corrected chi connectivity index (χ1v) is 9.05. The fourth-order valence-corrected chi connectivity index (χ4v) is 3.11. The van der Waals surface area contributed by atoms with Crippen molar-refractivity contribution < 1.29 is 4.39 Å². The number of rotatable bonds is 5. The molecule has 10 heteroatoms. The van der Waals surface area contributed by atoms with Crippen molar-refractivity contribution in [3.63, 3.8) is 0 Å². The molecular weight excluding hydrogens is 389 g/mol. The van der Waals surface area contributed by atoms with E-state index in [1.54, 1.807) is 43.9 Å². The van der Waals surface area contributed by atoms with Gasteiger partial charge < -0.3 is 4.57 Å². The third-order valence-corrected chi connectivity index (χ3v) is 4.67. The lowest BCUT2D eigenvalue weighted by Gasteiger charge is -2.08. The molecule has 3 aromatic heterocycles. The fraction of sp³-hybridized carbons (Fsp3) is 0.150. The number of imidazole rings is 1. The summed E-state index contributed by atoms with van der Waals surface area (Å²) in [6, 6.07) is 9.36. The lowest BCUT2D eigenvalue weighted by atomic mass is 10.2. The highest BCUT2D eigenvalue weighted by Crippen LogP contribution is 2.14. The SMILES string of the molecule is Cn1c(NN=Cc2ccncc2)nc2c1c(=O)n(Cc1cccc(F)c1)c(=O)n2C. The zero-order valence-electron chi connectivity index (χ0n) is 16.3. The number of hydrazone groups is 1. The van der Waals surface area contributed by atoms with Crippen molar-refractivity contribution >= 4 is 23.3 Å². The number of halogens is 1. The first-order chi connectivity index (χ1) is 14.5. The van der Waals surface area contributed by atoms with Crippen LogP contribution in [0.2, 0.25) is 0 Å². The number of pyridine rings is 1. The molecule has 0 bridgehead atoms. The molecule has 0 saturated heterocycles. The van der Waals surface area contributed by atoms with Gasteiger partial charge in [-0.1, -0.05) is 12.1 Å². The molecule has 0 radical (unpaired) electrons. The maximum Gasteiger partial charge on any atom is 0.332 e. The summed E-state index contributed by atoms with van der Waals surface area (Å²) in [7, 11) is 3.18. The monoisotopic (exact) mass is 407 g/mol. The minimum Gasteiger partial charge on any atom is -0.306 e. The van der Waals surface area contributed by atoms with E-state index in [0.29, 0.717) is 11.5 Å². The van der Waals surface area contributed by atoms with Gasteiger partial charge in [0.25, 0.3) is 5.56 Å². The number of anilines is 1. The van der Waals surface area contributed by atoms with E-state index in [1.807, 2.05) is 0 Å². The van der Waals surface area contributed by atoms with Gasteiger partial charge in [0.1, 0.15) is 5.82 Å². The van der Waals surface area contributed by atoms with Crippen LogP contribution in [-0.4, -0.2) is 29.9 Å². The normalized spacial score (nSPS) is 11.4. The van der Waals surface area contributed by atoms with E-state index >= 15 is 0 Å². The van der Waals surface area contributed by atoms with Crippen molar-refractivity contribution in [3.8, 4) is 0 Å². The molecule has 0 amide bonds. The Morgan fingerprint density at radius 2 is 1.90 bits per heavy atom. The van der Waals surface area contributed by atoms with Crippen molar-refractivity contribution in [1.82, 2.24) is 23.7 Å². The second-order valence-electron chi connectivity index (χ2n) is 6.68. The molecule has 0 saturated carbocycles. The van der Waals surface area contributed by atoms with Crippen LogP contribution < -0.4 is 16.7 Å². The molecule has 4 aromatic rings. The van der Waals surface area contributed by atoms with Crippen molar-refractivity contribution in [2.24, 2.45) is 19.2 Å². The molecule has 0 aliphatic carbocycles. The topological polar surface area (TPSA) is 99.1 Å². The average Bonchev–Trinajstić information content (AvgIpc) is 3.07. The van der Waals surface area contributed by atoms with E-state index in [4.69, 9.17) is 0 Å². The Bertz CT molecular complexity index is 1370. The summed E-state index contributed by atoms with van der Waals surface area (Å²) in [6.07, 6.45) is 4.88.